The number of hydrogen-bond acceptors (Lipinski definition) is 4. The van der Waals surface area contributed by atoms with Gasteiger partial charge in [-0.3, -0.25) is 9.48 Å². The van der Waals surface area contributed by atoms with Gasteiger partial charge >= 0.3 is 0 Å². The molecule has 0 aliphatic heterocycles. The van der Waals surface area contributed by atoms with E-state index >= 15 is 0 Å². The van der Waals surface area contributed by atoms with Crippen molar-refractivity contribution in [2.24, 2.45) is 0 Å². The fourth-order valence-corrected chi connectivity index (χ4v) is 2.83. The molecule has 0 aliphatic rings. The number of aromatic nitrogens is 3. The molecule has 0 radical (unpaired) electrons. The summed E-state index contributed by atoms with van der Waals surface area (Å²) in [5.74, 6) is 0.651. The summed E-state index contributed by atoms with van der Waals surface area (Å²) >= 11 is 0. The minimum atomic E-state index is -0.151. The van der Waals surface area contributed by atoms with Gasteiger partial charge in [-0.05, 0) is 37.5 Å². The van der Waals surface area contributed by atoms with E-state index in [0.717, 1.165) is 25.1 Å². The van der Waals surface area contributed by atoms with Crippen molar-refractivity contribution in [2.45, 2.75) is 26.3 Å². The number of hydrogen-bond donors (Lipinski definition) is 0. The quantitative estimate of drug-likeness (QED) is 0.573. The zero-order chi connectivity index (χ0) is 19.8. The van der Waals surface area contributed by atoms with E-state index in [0.29, 0.717) is 18.8 Å². The Bertz CT molecular complexity index is 875. The van der Waals surface area contributed by atoms with Gasteiger partial charge in [0.25, 0.3) is 5.91 Å². The first kappa shape index (κ1) is 19.6. The van der Waals surface area contributed by atoms with Crippen LogP contribution < -0.4 is 4.74 Å². The second-order valence-corrected chi connectivity index (χ2v) is 6.84. The Morgan fingerprint density at radius 2 is 1.86 bits per heavy atom. The molecule has 3 rings (SSSR count). The van der Waals surface area contributed by atoms with Crippen LogP contribution in [-0.4, -0.2) is 46.0 Å². The van der Waals surface area contributed by atoms with Crippen LogP contribution in [0.1, 0.15) is 28.0 Å². The first-order valence-electron chi connectivity index (χ1n) is 9.51. The Hall–Kier alpha value is -3.15. The molecule has 0 spiro atoms. The van der Waals surface area contributed by atoms with Crippen LogP contribution in [0.25, 0.3) is 0 Å². The number of aryl methyl sites for hydroxylation is 3. The predicted octanol–water partition coefficient (Wildman–Crippen LogP) is 3.37. The molecule has 0 aliphatic carbocycles. The maximum absolute atomic E-state index is 12.5. The molecule has 0 N–H and O–H groups in total. The lowest BCUT2D eigenvalue weighted by Gasteiger charge is -2.16. The standard InChI is InChI=1S/C22H26N4O2/c1-18-10-12-20(13-11-18)28-16-15-25(2)22(27)21-17-26(24-23-21)14-6-9-19-7-4-3-5-8-19/h3-5,7-8,10-13,17H,6,9,14-16H2,1-2H3. The molecule has 6 nitrogen and oxygen atoms in total. The lowest BCUT2D eigenvalue weighted by atomic mass is 10.1. The molecule has 0 saturated heterocycles. The van der Waals surface area contributed by atoms with Crippen molar-refractivity contribution in [3.05, 3.63) is 77.6 Å². The zero-order valence-electron chi connectivity index (χ0n) is 16.4. The summed E-state index contributed by atoms with van der Waals surface area (Å²) in [6, 6.07) is 18.2. The van der Waals surface area contributed by atoms with Crippen LogP contribution in [0.2, 0.25) is 0 Å². The van der Waals surface area contributed by atoms with Gasteiger partial charge in [0.05, 0.1) is 12.7 Å². The third kappa shape index (κ3) is 5.67. The van der Waals surface area contributed by atoms with Crippen LogP contribution in [0.5, 0.6) is 5.75 Å². The summed E-state index contributed by atoms with van der Waals surface area (Å²) < 4.78 is 7.41. The Kier molecular flexibility index (Phi) is 6.78. The van der Waals surface area contributed by atoms with Crippen molar-refractivity contribution >= 4 is 5.91 Å². The largest absolute Gasteiger partial charge is 0.492 e. The van der Waals surface area contributed by atoms with Crippen molar-refractivity contribution in [2.75, 3.05) is 20.2 Å². The van der Waals surface area contributed by atoms with Crippen molar-refractivity contribution in [3.63, 3.8) is 0 Å². The van der Waals surface area contributed by atoms with Gasteiger partial charge in [-0.1, -0.05) is 53.2 Å². The van der Waals surface area contributed by atoms with Gasteiger partial charge in [0, 0.05) is 13.6 Å². The van der Waals surface area contributed by atoms with Gasteiger partial charge in [0.15, 0.2) is 5.69 Å². The summed E-state index contributed by atoms with van der Waals surface area (Å²) in [7, 11) is 1.75. The van der Waals surface area contributed by atoms with Crippen LogP contribution >= 0.6 is 0 Å². The fourth-order valence-electron chi connectivity index (χ4n) is 2.83. The van der Waals surface area contributed by atoms with Crippen LogP contribution in [-0.2, 0) is 13.0 Å². The van der Waals surface area contributed by atoms with Crippen molar-refractivity contribution < 1.29 is 9.53 Å². The molecule has 146 valence electrons. The van der Waals surface area contributed by atoms with Gasteiger partial charge in [0.1, 0.15) is 12.4 Å². The highest BCUT2D eigenvalue weighted by atomic mass is 16.5. The highest BCUT2D eigenvalue weighted by Gasteiger charge is 2.15. The smallest absolute Gasteiger partial charge is 0.275 e. The molecule has 0 bridgehead atoms. The van der Waals surface area contributed by atoms with Crippen molar-refractivity contribution in [1.82, 2.24) is 19.9 Å². The van der Waals surface area contributed by atoms with Crippen LogP contribution in [0.3, 0.4) is 0 Å². The highest BCUT2D eigenvalue weighted by Crippen LogP contribution is 2.11. The molecule has 28 heavy (non-hydrogen) atoms. The number of rotatable bonds is 9. The molecule has 2 aromatic carbocycles. The highest BCUT2D eigenvalue weighted by molar-refractivity contribution is 5.91. The lowest BCUT2D eigenvalue weighted by molar-refractivity contribution is 0.0768. The number of amides is 1. The molecule has 0 fully saturated rings. The molecular formula is C22H26N4O2. The monoisotopic (exact) mass is 378 g/mol. The second kappa shape index (κ2) is 9.69. The van der Waals surface area contributed by atoms with Crippen LogP contribution in [0.15, 0.2) is 60.8 Å². The maximum atomic E-state index is 12.5. The van der Waals surface area contributed by atoms with E-state index in [9.17, 15) is 4.79 Å². The normalized spacial score (nSPS) is 10.6. The number of carbonyl (C=O) groups is 1. The molecule has 1 aromatic heterocycles. The minimum Gasteiger partial charge on any atom is -0.492 e. The van der Waals surface area contributed by atoms with E-state index < -0.39 is 0 Å². The van der Waals surface area contributed by atoms with Crippen LogP contribution in [0, 0.1) is 6.92 Å². The Morgan fingerprint density at radius 1 is 1.11 bits per heavy atom. The number of nitrogens with zero attached hydrogens (tertiary/aromatic N) is 4. The first-order valence-corrected chi connectivity index (χ1v) is 9.51. The molecule has 0 saturated carbocycles. The third-order valence-electron chi connectivity index (χ3n) is 4.52. The molecule has 1 amide bonds. The number of carbonyl (C=O) groups excluding carboxylic acids is 1. The molecular weight excluding hydrogens is 352 g/mol. The Labute approximate surface area is 165 Å². The lowest BCUT2D eigenvalue weighted by Crippen LogP contribution is -2.31. The first-order chi connectivity index (χ1) is 13.6. The maximum Gasteiger partial charge on any atom is 0.275 e. The Balaban J connectivity index is 1.42. The number of ether oxygens (including phenoxy) is 1. The molecule has 0 atom stereocenters. The predicted molar refractivity (Wildman–Crippen MR) is 108 cm³/mol. The van der Waals surface area contributed by atoms with E-state index in [-0.39, 0.29) is 5.91 Å². The van der Waals surface area contributed by atoms with Crippen LogP contribution in [0.4, 0.5) is 0 Å². The number of benzene rings is 2. The summed E-state index contributed by atoms with van der Waals surface area (Å²) in [6.07, 6.45) is 3.63. The second-order valence-electron chi connectivity index (χ2n) is 6.84. The third-order valence-corrected chi connectivity index (χ3v) is 4.52. The molecule has 3 aromatic rings. The van der Waals surface area contributed by atoms with E-state index in [1.54, 1.807) is 22.8 Å². The van der Waals surface area contributed by atoms with Gasteiger partial charge in [-0.25, -0.2) is 0 Å². The molecule has 6 heteroatoms. The Morgan fingerprint density at radius 3 is 2.61 bits per heavy atom. The van der Waals surface area contributed by atoms with Gasteiger partial charge < -0.3 is 9.64 Å². The van der Waals surface area contributed by atoms with Crippen molar-refractivity contribution in [3.8, 4) is 5.75 Å². The number of likely N-dealkylation sites (N-methyl/N-ethyl adjacent to an activating group) is 1. The minimum absolute atomic E-state index is 0.151. The van der Waals surface area contributed by atoms with Crippen molar-refractivity contribution in [1.29, 1.82) is 0 Å². The average Bonchev–Trinajstić information content (AvgIpc) is 3.18. The zero-order valence-corrected chi connectivity index (χ0v) is 16.4. The molecule has 0 unspecified atom stereocenters. The van der Waals surface area contributed by atoms with Gasteiger partial charge in [-0.2, -0.15) is 0 Å². The molecule has 1 heterocycles. The van der Waals surface area contributed by atoms with Gasteiger partial charge in [-0.15, -0.1) is 5.10 Å². The van der Waals surface area contributed by atoms with E-state index in [2.05, 4.69) is 22.4 Å². The van der Waals surface area contributed by atoms with E-state index in [1.165, 1.54) is 11.1 Å². The van der Waals surface area contributed by atoms with E-state index in [1.807, 2.05) is 49.4 Å². The topological polar surface area (TPSA) is 60.2 Å². The average molecular weight is 378 g/mol. The van der Waals surface area contributed by atoms with E-state index in [4.69, 9.17) is 4.74 Å². The summed E-state index contributed by atoms with van der Waals surface area (Å²) in [6.45, 7) is 3.67. The SMILES string of the molecule is Cc1ccc(OCCN(C)C(=O)c2cn(CCCc3ccccc3)nn2)cc1. The van der Waals surface area contributed by atoms with Gasteiger partial charge in [0.2, 0.25) is 0 Å². The summed E-state index contributed by atoms with van der Waals surface area (Å²) in [5.41, 5.74) is 2.84. The fraction of sp³-hybridized carbons (Fsp3) is 0.318. The summed E-state index contributed by atoms with van der Waals surface area (Å²) in [5, 5.41) is 8.09. The summed E-state index contributed by atoms with van der Waals surface area (Å²) in [4.78, 5) is 14.1.